The molecule has 0 fully saturated rings. The molecule has 0 bridgehead atoms. The van der Waals surface area contributed by atoms with Crippen LogP contribution in [0.3, 0.4) is 0 Å². The second-order valence-corrected chi connectivity index (χ2v) is 9.03. The standard InChI is InChI=1S/C22H21ClFNO3S/c1-22(2,3)25(12-14-7-5-4-6-8-14)18(26)13-28-21(27)20-19(23)16-10-9-15(24)11-17(16)29-20/h4-11H,12-13H2,1-3H3. The van der Waals surface area contributed by atoms with E-state index in [0.717, 1.165) is 16.9 Å². The second-order valence-electron chi connectivity index (χ2n) is 7.60. The summed E-state index contributed by atoms with van der Waals surface area (Å²) < 4.78 is 19.2. The number of amides is 1. The zero-order chi connectivity index (χ0) is 21.2. The Morgan fingerprint density at radius 2 is 1.83 bits per heavy atom. The molecule has 7 heteroatoms. The first kappa shape index (κ1) is 21.3. The summed E-state index contributed by atoms with van der Waals surface area (Å²) >= 11 is 7.30. The van der Waals surface area contributed by atoms with Crippen molar-refractivity contribution in [3.8, 4) is 0 Å². The highest BCUT2D eigenvalue weighted by molar-refractivity contribution is 7.21. The summed E-state index contributed by atoms with van der Waals surface area (Å²) in [5, 5.41) is 0.788. The monoisotopic (exact) mass is 433 g/mol. The maximum Gasteiger partial charge on any atom is 0.350 e. The van der Waals surface area contributed by atoms with Gasteiger partial charge in [-0.2, -0.15) is 0 Å². The average molecular weight is 434 g/mol. The summed E-state index contributed by atoms with van der Waals surface area (Å²) in [6.07, 6.45) is 0. The van der Waals surface area contributed by atoms with E-state index in [2.05, 4.69) is 0 Å². The molecule has 0 spiro atoms. The van der Waals surface area contributed by atoms with Crippen LogP contribution in [0.15, 0.2) is 48.5 Å². The van der Waals surface area contributed by atoms with Gasteiger partial charge in [0.1, 0.15) is 10.7 Å². The van der Waals surface area contributed by atoms with Crippen LogP contribution >= 0.6 is 22.9 Å². The van der Waals surface area contributed by atoms with Crippen molar-refractivity contribution in [1.29, 1.82) is 0 Å². The van der Waals surface area contributed by atoms with E-state index in [4.69, 9.17) is 16.3 Å². The number of carbonyl (C=O) groups is 2. The third-order valence-corrected chi connectivity index (χ3v) is 6.04. The van der Waals surface area contributed by atoms with E-state index in [0.29, 0.717) is 16.6 Å². The number of thiophene rings is 1. The van der Waals surface area contributed by atoms with Gasteiger partial charge in [0, 0.05) is 22.2 Å². The number of nitrogens with zero attached hydrogens (tertiary/aromatic N) is 1. The quantitative estimate of drug-likeness (QED) is 0.486. The summed E-state index contributed by atoms with van der Waals surface area (Å²) in [6, 6.07) is 13.7. The highest BCUT2D eigenvalue weighted by atomic mass is 35.5. The molecule has 0 radical (unpaired) electrons. The second kappa shape index (κ2) is 8.51. The zero-order valence-electron chi connectivity index (χ0n) is 16.4. The van der Waals surface area contributed by atoms with Crippen molar-refractivity contribution in [3.63, 3.8) is 0 Å². The maximum atomic E-state index is 13.4. The summed E-state index contributed by atoms with van der Waals surface area (Å²) in [6.45, 7) is 5.78. The third-order valence-electron chi connectivity index (χ3n) is 4.40. The summed E-state index contributed by atoms with van der Waals surface area (Å²) in [5.74, 6) is -1.41. The number of benzene rings is 2. The lowest BCUT2D eigenvalue weighted by Crippen LogP contribution is -2.46. The van der Waals surface area contributed by atoms with Gasteiger partial charge in [0.25, 0.3) is 5.91 Å². The van der Waals surface area contributed by atoms with Crippen LogP contribution in [0.5, 0.6) is 0 Å². The topological polar surface area (TPSA) is 46.6 Å². The van der Waals surface area contributed by atoms with E-state index in [9.17, 15) is 14.0 Å². The SMILES string of the molecule is CC(C)(C)N(Cc1ccccc1)C(=O)COC(=O)c1sc2cc(F)ccc2c1Cl. The predicted octanol–water partition coefficient (Wildman–Crippen LogP) is 5.68. The van der Waals surface area contributed by atoms with Crippen LogP contribution in [-0.2, 0) is 16.1 Å². The largest absolute Gasteiger partial charge is 0.451 e. The molecule has 0 aliphatic rings. The number of carbonyl (C=O) groups excluding carboxylic acids is 2. The van der Waals surface area contributed by atoms with E-state index in [1.807, 2.05) is 51.1 Å². The summed E-state index contributed by atoms with van der Waals surface area (Å²) in [7, 11) is 0. The van der Waals surface area contributed by atoms with E-state index >= 15 is 0 Å². The molecular formula is C22H21ClFNO3S. The van der Waals surface area contributed by atoms with Crippen LogP contribution in [0.2, 0.25) is 5.02 Å². The van der Waals surface area contributed by atoms with Crippen molar-refractivity contribution in [2.75, 3.05) is 6.61 Å². The van der Waals surface area contributed by atoms with Gasteiger partial charge in [-0.05, 0) is 44.5 Å². The van der Waals surface area contributed by atoms with Gasteiger partial charge in [-0.1, -0.05) is 41.9 Å². The van der Waals surface area contributed by atoms with Gasteiger partial charge in [-0.3, -0.25) is 4.79 Å². The molecule has 0 unspecified atom stereocenters. The van der Waals surface area contributed by atoms with Crippen LogP contribution in [0, 0.1) is 5.82 Å². The molecule has 0 aliphatic carbocycles. The Bertz CT molecular complexity index is 1040. The molecule has 3 aromatic rings. The van der Waals surface area contributed by atoms with Gasteiger partial charge in [-0.15, -0.1) is 11.3 Å². The first-order chi connectivity index (χ1) is 13.7. The maximum absolute atomic E-state index is 13.4. The first-order valence-electron chi connectivity index (χ1n) is 9.06. The molecule has 1 heterocycles. The molecule has 0 atom stereocenters. The van der Waals surface area contributed by atoms with Crippen LogP contribution in [0.25, 0.3) is 10.1 Å². The lowest BCUT2D eigenvalue weighted by atomic mass is 10.0. The minimum Gasteiger partial charge on any atom is -0.451 e. The van der Waals surface area contributed by atoms with Gasteiger partial charge in [0.2, 0.25) is 0 Å². The Hall–Kier alpha value is -2.44. The normalized spacial score (nSPS) is 11.5. The molecular weight excluding hydrogens is 413 g/mol. The Labute approximate surface area is 177 Å². The minimum absolute atomic E-state index is 0.158. The molecule has 0 N–H and O–H groups in total. The average Bonchev–Trinajstić information content (AvgIpc) is 2.99. The Kier molecular flexibility index (Phi) is 6.24. The molecule has 0 saturated heterocycles. The van der Waals surface area contributed by atoms with Crippen LogP contribution in [0.1, 0.15) is 36.0 Å². The van der Waals surface area contributed by atoms with Crippen molar-refractivity contribution in [2.24, 2.45) is 0 Å². The predicted molar refractivity (Wildman–Crippen MR) is 114 cm³/mol. The number of halogens is 2. The van der Waals surface area contributed by atoms with Crippen LogP contribution in [0.4, 0.5) is 4.39 Å². The first-order valence-corrected chi connectivity index (χ1v) is 10.3. The van der Waals surface area contributed by atoms with Gasteiger partial charge in [-0.25, -0.2) is 9.18 Å². The molecule has 1 amide bonds. The van der Waals surface area contributed by atoms with Gasteiger partial charge >= 0.3 is 5.97 Å². The summed E-state index contributed by atoms with van der Waals surface area (Å²) in [4.78, 5) is 27.1. The Morgan fingerprint density at radius 3 is 2.48 bits per heavy atom. The number of ether oxygens (including phenoxy) is 1. The molecule has 0 saturated carbocycles. The number of rotatable bonds is 5. The summed E-state index contributed by atoms with van der Waals surface area (Å²) in [5.41, 5.74) is 0.531. The van der Waals surface area contributed by atoms with E-state index < -0.39 is 23.9 Å². The van der Waals surface area contributed by atoms with Crippen molar-refractivity contribution >= 4 is 44.9 Å². The van der Waals surface area contributed by atoms with Crippen molar-refractivity contribution in [1.82, 2.24) is 4.90 Å². The van der Waals surface area contributed by atoms with E-state index in [1.54, 1.807) is 4.90 Å². The highest BCUT2D eigenvalue weighted by Crippen LogP contribution is 2.36. The number of esters is 1. The van der Waals surface area contributed by atoms with Gasteiger partial charge in [0.05, 0.1) is 5.02 Å². The fourth-order valence-corrected chi connectivity index (χ4v) is 4.33. The van der Waals surface area contributed by atoms with E-state index in [1.165, 1.54) is 18.2 Å². The molecule has 1 aromatic heterocycles. The highest BCUT2D eigenvalue weighted by Gasteiger charge is 2.28. The molecule has 2 aromatic carbocycles. The van der Waals surface area contributed by atoms with Crippen LogP contribution in [-0.4, -0.2) is 28.9 Å². The zero-order valence-corrected chi connectivity index (χ0v) is 17.9. The Balaban J connectivity index is 1.72. The Morgan fingerprint density at radius 1 is 1.14 bits per heavy atom. The minimum atomic E-state index is -0.696. The van der Waals surface area contributed by atoms with Gasteiger partial charge in [0.15, 0.2) is 6.61 Å². The van der Waals surface area contributed by atoms with Crippen molar-refractivity contribution in [2.45, 2.75) is 32.9 Å². The molecule has 0 aliphatic heterocycles. The number of hydrogen-bond donors (Lipinski definition) is 0. The smallest absolute Gasteiger partial charge is 0.350 e. The van der Waals surface area contributed by atoms with Crippen molar-refractivity contribution < 1.29 is 18.7 Å². The molecule has 4 nitrogen and oxygen atoms in total. The van der Waals surface area contributed by atoms with E-state index in [-0.39, 0.29) is 15.8 Å². The van der Waals surface area contributed by atoms with Crippen LogP contribution < -0.4 is 0 Å². The third kappa shape index (κ3) is 4.95. The molecule has 3 rings (SSSR count). The lowest BCUT2D eigenvalue weighted by Gasteiger charge is -2.35. The fourth-order valence-electron chi connectivity index (χ4n) is 2.91. The lowest BCUT2D eigenvalue weighted by molar-refractivity contribution is -0.140. The van der Waals surface area contributed by atoms with Gasteiger partial charge < -0.3 is 9.64 Å². The molecule has 152 valence electrons. The number of fused-ring (bicyclic) bond motifs is 1. The fraction of sp³-hybridized carbons (Fsp3) is 0.273. The number of hydrogen-bond acceptors (Lipinski definition) is 4. The van der Waals surface area contributed by atoms with Crippen molar-refractivity contribution in [3.05, 3.63) is 69.8 Å². The molecule has 29 heavy (non-hydrogen) atoms.